The molecule has 0 amide bonds. The van der Waals surface area contributed by atoms with Gasteiger partial charge in [-0.05, 0) is 30.7 Å². The van der Waals surface area contributed by atoms with Crippen LogP contribution in [-0.2, 0) is 4.75 Å². The summed E-state index contributed by atoms with van der Waals surface area (Å²) in [5.41, 5.74) is 1.25. The molecule has 1 aromatic heterocycles. The molecule has 0 radical (unpaired) electrons. The molecule has 0 atom stereocenters. The Balaban J connectivity index is 1.88. The van der Waals surface area contributed by atoms with E-state index in [4.69, 9.17) is 16.3 Å². The smallest absolute Gasteiger partial charge is 0.238 e. The molecule has 1 aromatic carbocycles. The maximum atomic E-state index is 5.89. The van der Waals surface area contributed by atoms with Crippen LogP contribution in [0.5, 0.6) is 11.6 Å². The highest BCUT2D eigenvalue weighted by Gasteiger charge is 2.46. The maximum absolute atomic E-state index is 5.89. The third kappa shape index (κ3) is 2.76. The van der Waals surface area contributed by atoms with Crippen LogP contribution in [0.2, 0.25) is 5.15 Å². The van der Waals surface area contributed by atoms with E-state index in [2.05, 4.69) is 29.3 Å². The van der Waals surface area contributed by atoms with Crippen molar-refractivity contribution in [2.45, 2.75) is 24.5 Å². The normalized spacial score (nSPS) is 15.9. The first-order chi connectivity index (χ1) is 9.73. The summed E-state index contributed by atoms with van der Waals surface area (Å²) < 4.78 is 6.12. The van der Waals surface area contributed by atoms with Crippen molar-refractivity contribution in [2.24, 2.45) is 0 Å². The van der Waals surface area contributed by atoms with E-state index < -0.39 is 0 Å². The third-order valence-electron chi connectivity index (χ3n) is 3.32. The highest BCUT2D eigenvalue weighted by molar-refractivity contribution is 8.00. The average Bonchev–Trinajstić information content (AvgIpc) is 3.23. The Labute approximate surface area is 127 Å². The van der Waals surface area contributed by atoms with Crippen LogP contribution in [0.4, 0.5) is 0 Å². The van der Waals surface area contributed by atoms with Gasteiger partial charge in [-0.25, -0.2) is 0 Å². The summed E-state index contributed by atoms with van der Waals surface area (Å²) in [6, 6.07) is 11.6. The molecule has 2 aromatic rings. The van der Waals surface area contributed by atoms with E-state index in [1.54, 1.807) is 12.1 Å². The predicted molar refractivity (Wildman–Crippen MR) is 82.6 cm³/mol. The molecule has 0 bridgehead atoms. The average molecular weight is 307 g/mol. The summed E-state index contributed by atoms with van der Waals surface area (Å²) in [6.45, 7) is 2.19. The van der Waals surface area contributed by atoms with Gasteiger partial charge in [-0.3, -0.25) is 0 Å². The number of ether oxygens (including phenoxy) is 1. The van der Waals surface area contributed by atoms with E-state index in [0.29, 0.717) is 11.0 Å². The van der Waals surface area contributed by atoms with Gasteiger partial charge in [0.2, 0.25) is 5.88 Å². The summed E-state index contributed by atoms with van der Waals surface area (Å²) in [4.78, 5) is 0. The lowest BCUT2D eigenvalue weighted by atomic mass is 10.1. The monoisotopic (exact) mass is 306 g/mol. The molecule has 1 aliphatic rings. The number of hydrogen-bond donors (Lipinski definition) is 0. The molecule has 1 saturated carbocycles. The Morgan fingerprint density at radius 3 is 2.65 bits per heavy atom. The molecule has 0 saturated heterocycles. The molecular formula is C15H15ClN2OS. The second-order valence-electron chi connectivity index (χ2n) is 4.72. The summed E-state index contributed by atoms with van der Waals surface area (Å²) in [5.74, 6) is 2.44. The fraction of sp³-hybridized carbons (Fsp3) is 0.333. The molecule has 3 rings (SSSR count). The Morgan fingerprint density at radius 1 is 1.20 bits per heavy atom. The zero-order chi connectivity index (χ0) is 14.0. The van der Waals surface area contributed by atoms with Gasteiger partial charge in [0.15, 0.2) is 5.15 Å². The number of aromatic nitrogens is 2. The minimum atomic E-state index is 0.227. The lowest BCUT2D eigenvalue weighted by Crippen LogP contribution is -2.04. The molecule has 20 heavy (non-hydrogen) atoms. The summed E-state index contributed by atoms with van der Waals surface area (Å²) in [7, 11) is 0. The van der Waals surface area contributed by atoms with E-state index in [-0.39, 0.29) is 4.75 Å². The van der Waals surface area contributed by atoms with Gasteiger partial charge in [-0.2, -0.15) is 11.8 Å². The van der Waals surface area contributed by atoms with Crippen molar-refractivity contribution >= 4 is 23.4 Å². The minimum Gasteiger partial charge on any atom is -0.437 e. The topological polar surface area (TPSA) is 35.0 Å². The Hall–Kier alpha value is -1.26. The van der Waals surface area contributed by atoms with Crippen LogP contribution in [0.1, 0.15) is 25.3 Å². The van der Waals surface area contributed by atoms with Gasteiger partial charge in [0, 0.05) is 16.4 Å². The van der Waals surface area contributed by atoms with Gasteiger partial charge < -0.3 is 4.74 Å². The number of halogens is 1. The predicted octanol–water partition coefficient (Wildman–Crippen LogP) is 4.66. The Bertz CT molecular complexity index is 599. The zero-order valence-electron chi connectivity index (χ0n) is 11.2. The number of para-hydroxylation sites is 1. The largest absolute Gasteiger partial charge is 0.437 e. The van der Waals surface area contributed by atoms with Crippen LogP contribution in [0, 0.1) is 0 Å². The van der Waals surface area contributed by atoms with E-state index in [1.165, 1.54) is 18.4 Å². The molecule has 1 heterocycles. The van der Waals surface area contributed by atoms with Crippen molar-refractivity contribution < 1.29 is 4.74 Å². The molecule has 3 nitrogen and oxygen atoms in total. The highest BCUT2D eigenvalue weighted by Crippen LogP contribution is 2.59. The highest BCUT2D eigenvalue weighted by atomic mass is 35.5. The van der Waals surface area contributed by atoms with Crippen molar-refractivity contribution in [3.8, 4) is 11.6 Å². The zero-order valence-corrected chi connectivity index (χ0v) is 12.7. The Kier molecular flexibility index (Phi) is 3.85. The van der Waals surface area contributed by atoms with Crippen molar-refractivity contribution in [1.82, 2.24) is 10.2 Å². The van der Waals surface area contributed by atoms with E-state index in [9.17, 15) is 0 Å². The van der Waals surface area contributed by atoms with Crippen LogP contribution in [0.25, 0.3) is 0 Å². The SMILES string of the molecule is CCSC1(c2ccccc2Oc2ccc(Cl)nn2)CC1. The van der Waals surface area contributed by atoms with Gasteiger partial charge in [0.25, 0.3) is 0 Å². The van der Waals surface area contributed by atoms with Crippen LogP contribution in [0.15, 0.2) is 36.4 Å². The lowest BCUT2D eigenvalue weighted by Gasteiger charge is -2.18. The number of hydrogen-bond acceptors (Lipinski definition) is 4. The standard InChI is InChI=1S/C15H15ClN2OS/c1-2-20-15(9-10-15)11-5-3-4-6-12(11)19-14-8-7-13(16)17-18-14/h3-8H,2,9-10H2,1H3. The second kappa shape index (κ2) is 5.62. The van der Waals surface area contributed by atoms with Crippen LogP contribution in [-0.4, -0.2) is 16.0 Å². The van der Waals surface area contributed by atoms with E-state index in [0.717, 1.165) is 11.5 Å². The third-order valence-corrected chi connectivity index (χ3v) is 5.00. The number of nitrogens with zero attached hydrogens (tertiary/aromatic N) is 2. The van der Waals surface area contributed by atoms with Crippen molar-refractivity contribution in [1.29, 1.82) is 0 Å². The van der Waals surface area contributed by atoms with Crippen molar-refractivity contribution in [2.75, 3.05) is 5.75 Å². The number of benzene rings is 1. The molecular weight excluding hydrogens is 292 g/mol. The number of thioether (sulfide) groups is 1. The molecule has 1 aliphatic carbocycles. The van der Waals surface area contributed by atoms with Crippen LogP contribution < -0.4 is 4.74 Å². The van der Waals surface area contributed by atoms with Gasteiger partial charge >= 0.3 is 0 Å². The molecule has 104 valence electrons. The molecule has 1 fully saturated rings. The van der Waals surface area contributed by atoms with Crippen LogP contribution >= 0.6 is 23.4 Å². The second-order valence-corrected chi connectivity index (χ2v) is 6.75. The van der Waals surface area contributed by atoms with Gasteiger partial charge in [0.1, 0.15) is 5.75 Å². The van der Waals surface area contributed by atoms with Gasteiger partial charge in [-0.15, -0.1) is 10.2 Å². The first-order valence-electron chi connectivity index (χ1n) is 6.64. The first kappa shape index (κ1) is 13.7. The van der Waals surface area contributed by atoms with E-state index >= 15 is 0 Å². The quantitative estimate of drug-likeness (QED) is 0.804. The van der Waals surface area contributed by atoms with Crippen molar-refractivity contribution in [3.63, 3.8) is 0 Å². The Morgan fingerprint density at radius 2 is 2.00 bits per heavy atom. The minimum absolute atomic E-state index is 0.227. The van der Waals surface area contributed by atoms with Gasteiger partial charge in [-0.1, -0.05) is 36.7 Å². The van der Waals surface area contributed by atoms with E-state index in [1.807, 2.05) is 23.9 Å². The fourth-order valence-electron chi connectivity index (χ4n) is 2.28. The summed E-state index contributed by atoms with van der Waals surface area (Å²) in [5, 5.41) is 8.12. The first-order valence-corrected chi connectivity index (χ1v) is 8.00. The molecule has 0 aliphatic heterocycles. The van der Waals surface area contributed by atoms with Crippen molar-refractivity contribution in [3.05, 3.63) is 47.1 Å². The molecule has 0 N–H and O–H groups in total. The summed E-state index contributed by atoms with van der Waals surface area (Å²) in [6.07, 6.45) is 2.41. The fourth-order valence-corrected chi connectivity index (χ4v) is 3.65. The summed E-state index contributed by atoms with van der Waals surface area (Å²) >= 11 is 7.73. The molecule has 0 spiro atoms. The number of rotatable bonds is 5. The van der Waals surface area contributed by atoms with Gasteiger partial charge in [0.05, 0.1) is 0 Å². The molecule has 5 heteroatoms. The lowest BCUT2D eigenvalue weighted by molar-refractivity contribution is 0.449. The van der Waals surface area contributed by atoms with Crippen LogP contribution in [0.3, 0.4) is 0 Å². The maximum Gasteiger partial charge on any atom is 0.238 e. The molecule has 0 unspecified atom stereocenters.